The second kappa shape index (κ2) is 10.1. The first-order valence-corrected chi connectivity index (χ1v) is 9.99. The Morgan fingerprint density at radius 3 is 2.57 bits per heavy atom. The van der Waals surface area contributed by atoms with Crippen molar-refractivity contribution in [1.29, 1.82) is 0 Å². The molecule has 2 aromatic rings. The molecule has 28 heavy (non-hydrogen) atoms. The number of nitrogens with zero attached hydrogens (tertiary/aromatic N) is 4. The molecule has 0 radical (unpaired) electrons. The van der Waals surface area contributed by atoms with Gasteiger partial charge in [0.2, 0.25) is 0 Å². The topological polar surface area (TPSA) is 66.7 Å². The predicted octanol–water partition coefficient (Wildman–Crippen LogP) is 1.97. The summed E-state index contributed by atoms with van der Waals surface area (Å²) in [4.78, 5) is 6.93. The Balaban J connectivity index is 1.56. The summed E-state index contributed by atoms with van der Waals surface area (Å²) in [5, 5.41) is 11.1. The number of likely N-dealkylation sites (tertiary alicyclic amines) is 1. The number of rotatable bonds is 8. The third kappa shape index (κ3) is 5.48. The minimum atomic E-state index is 0.324. The first kappa shape index (κ1) is 20.2. The molecule has 0 aliphatic carbocycles. The summed E-state index contributed by atoms with van der Waals surface area (Å²) in [6.07, 6.45) is 7.41. The second-order valence-corrected chi connectivity index (χ2v) is 7.18. The van der Waals surface area contributed by atoms with Crippen LogP contribution in [0, 0.1) is 0 Å². The van der Waals surface area contributed by atoms with Crippen molar-refractivity contribution >= 4 is 5.96 Å². The molecule has 1 aromatic heterocycles. The molecule has 1 aromatic carbocycles. The molecule has 3 rings (SSSR count). The zero-order chi connectivity index (χ0) is 19.8. The van der Waals surface area contributed by atoms with Crippen molar-refractivity contribution in [2.75, 3.05) is 40.3 Å². The Labute approximate surface area is 167 Å². The van der Waals surface area contributed by atoms with Crippen LogP contribution >= 0.6 is 0 Å². The highest BCUT2D eigenvalue weighted by Crippen LogP contribution is 2.26. The van der Waals surface area contributed by atoms with E-state index in [-0.39, 0.29) is 0 Å². The Hall–Kier alpha value is -2.54. The number of guanidine groups is 1. The SMILES string of the molecule is CN=C(NCCc1cnn(C)c1)NCC(c1ccc(OC)cc1)N1CCCC1. The van der Waals surface area contributed by atoms with Gasteiger partial charge in [0, 0.05) is 33.4 Å². The van der Waals surface area contributed by atoms with Gasteiger partial charge in [0.25, 0.3) is 0 Å². The van der Waals surface area contributed by atoms with E-state index in [4.69, 9.17) is 4.74 Å². The molecule has 2 N–H and O–H groups in total. The number of hydrogen-bond donors (Lipinski definition) is 2. The van der Waals surface area contributed by atoms with Crippen LogP contribution in [-0.2, 0) is 13.5 Å². The summed E-state index contributed by atoms with van der Waals surface area (Å²) in [6, 6.07) is 8.74. The van der Waals surface area contributed by atoms with Gasteiger partial charge in [0.05, 0.1) is 19.3 Å². The van der Waals surface area contributed by atoms with Crippen LogP contribution < -0.4 is 15.4 Å². The summed E-state index contributed by atoms with van der Waals surface area (Å²) in [7, 11) is 5.46. The maximum absolute atomic E-state index is 5.31. The zero-order valence-corrected chi connectivity index (χ0v) is 17.2. The van der Waals surface area contributed by atoms with Crippen molar-refractivity contribution in [1.82, 2.24) is 25.3 Å². The maximum Gasteiger partial charge on any atom is 0.191 e. The highest BCUT2D eigenvalue weighted by Gasteiger charge is 2.23. The Morgan fingerprint density at radius 1 is 1.21 bits per heavy atom. The number of aryl methyl sites for hydroxylation is 1. The van der Waals surface area contributed by atoms with Gasteiger partial charge in [-0.15, -0.1) is 0 Å². The molecule has 1 aliphatic rings. The lowest BCUT2D eigenvalue weighted by molar-refractivity contribution is 0.245. The lowest BCUT2D eigenvalue weighted by Crippen LogP contribution is -2.43. The van der Waals surface area contributed by atoms with Gasteiger partial charge in [0.15, 0.2) is 5.96 Å². The van der Waals surface area contributed by atoms with Crippen LogP contribution in [-0.4, -0.2) is 61.0 Å². The van der Waals surface area contributed by atoms with Gasteiger partial charge in [-0.3, -0.25) is 14.6 Å². The second-order valence-electron chi connectivity index (χ2n) is 7.18. The summed E-state index contributed by atoms with van der Waals surface area (Å²) < 4.78 is 7.14. The Bertz CT molecular complexity index is 749. The van der Waals surface area contributed by atoms with E-state index in [1.807, 2.05) is 43.3 Å². The van der Waals surface area contributed by atoms with E-state index in [2.05, 4.69) is 37.8 Å². The third-order valence-electron chi connectivity index (χ3n) is 5.23. The number of aliphatic imine (C=N–C) groups is 1. The summed E-state index contributed by atoms with van der Waals surface area (Å²) >= 11 is 0. The monoisotopic (exact) mass is 384 g/mol. The quantitative estimate of drug-likeness (QED) is 0.538. The smallest absolute Gasteiger partial charge is 0.191 e. The maximum atomic E-state index is 5.31. The molecule has 1 unspecified atom stereocenters. The van der Waals surface area contributed by atoms with Gasteiger partial charge >= 0.3 is 0 Å². The standard InChI is InChI=1S/C21H32N6O/c1-22-21(23-11-10-17-14-25-26(2)16-17)24-15-20(27-12-4-5-13-27)18-6-8-19(28-3)9-7-18/h6-9,14,16,20H,4-5,10-13,15H2,1-3H3,(H2,22,23,24). The third-order valence-corrected chi connectivity index (χ3v) is 5.23. The first-order valence-electron chi connectivity index (χ1n) is 9.99. The largest absolute Gasteiger partial charge is 0.497 e. The number of hydrogen-bond acceptors (Lipinski definition) is 4. The van der Waals surface area contributed by atoms with Crippen molar-refractivity contribution in [3.8, 4) is 5.75 Å². The van der Waals surface area contributed by atoms with E-state index in [9.17, 15) is 0 Å². The predicted molar refractivity (Wildman–Crippen MR) is 113 cm³/mol. The number of nitrogens with one attached hydrogen (secondary N) is 2. The van der Waals surface area contributed by atoms with Crippen LogP contribution in [0.1, 0.15) is 30.0 Å². The van der Waals surface area contributed by atoms with Gasteiger partial charge in [-0.1, -0.05) is 12.1 Å². The molecule has 1 fully saturated rings. The van der Waals surface area contributed by atoms with E-state index in [1.54, 1.807) is 7.11 Å². The van der Waals surface area contributed by atoms with Crippen LogP contribution in [0.3, 0.4) is 0 Å². The Morgan fingerprint density at radius 2 is 1.96 bits per heavy atom. The number of methoxy groups -OCH3 is 1. The summed E-state index contributed by atoms with van der Waals surface area (Å²) in [5.74, 6) is 1.73. The molecular formula is C21H32N6O. The van der Waals surface area contributed by atoms with E-state index in [1.165, 1.54) is 24.0 Å². The van der Waals surface area contributed by atoms with Crippen LogP contribution in [0.5, 0.6) is 5.75 Å². The van der Waals surface area contributed by atoms with Gasteiger partial charge in [-0.2, -0.15) is 5.10 Å². The van der Waals surface area contributed by atoms with Crippen molar-refractivity contribution in [2.45, 2.75) is 25.3 Å². The van der Waals surface area contributed by atoms with Crippen LogP contribution in [0.4, 0.5) is 0 Å². The average Bonchev–Trinajstić information content (AvgIpc) is 3.39. The van der Waals surface area contributed by atoms with Gasteiger partial charge in [-0.05, 0) is 55.6 Å². The minimum Gasteiger partial charge on any atom is -0.497 e. The van der Waals surface area contributed by atoms with Crippen molar-refractivity contribution in [3.63, 3.8) is 0 Å². The Kier molecular flexibility index (Phi) is 7.31. The van der Waals surface area contributed by atoms with Crippen molar-refractivity contribution in [2.24, 2.45) is 12.0 Å². The van der Waals surface area contributed by atoms with Gasteiger partial charge in [0.1, 0.15) is 5.75 Å². The molecule has 0 saturated carbocycles. The molecule has 2 heterocycles. The normalized spacial score (nSPS) is 16.2. The minimum absolute atomic E-state index is 0.324. The van der Waals surface area contributed by atoms with Crippen LogP contribution in [0.25, 0.3) is 0 Å². The summed E-state index contributed by atoms with van der Waals surface area (Å²) in [5.41, 5.74) is 2.53. The van der Waals surface area contributed by atoms with Gasteiger partial charge < -0.3 is 15.4 Å². The van der Waals surface area contributed by atoms with Crippen molar-refractivity contribution in [3.05, 3.63) is 47.8 Å². The molecule has 152 valence electrons. The molecule has 1 aliphatic heterocycles. The van der Waals surface area contributed by atoms with Gasteiger partial charge in [-0.25, -0.2) is 0 Å². The lowest BCUT2D eigenvalue weighted by atomic mass is 10.1. The molecule has 0 amide bonds. The molecule has 0 bridgehead atoms. The van der Waals surface area contributed by atoms with E-state index in [0.29, 0.717) is 6.04 Å². The van der Waals surface area contributed by atoms with Crippen LogP contribution in [0.2, 0.25) is 0 Å². The fourth-order valence-corrected chi connectivity index (χ4v) is 3.68. The molecule has 0 spiro atoms. The lowest BCUT2D eigenvalue weighted by Gasteiger charge is -2.29. The number of aromatic nitrogens is 2. The summed E-state index contributed by atoms with van der Waals surface area (Å²) in [6.45, 7) is 3.93. The van der Waals surface area contributed by atoms with Crippen molar-refractivity contribution < 1.29 is 4.74 Å². The fraction of sp³-hybridized carbons (Fsp3) is 0.524. The molecule has 1 saturated heterocycles. The zero-order valence-electron chi connectivity index (χ0n) is 17.2. The van der Waals surface area contributed by atoms with E-state index < -0.39 is 0 Å². The first-order chi connectivity index (χ1) is 13.7. The average molecular weight is 385 g/mol. The molecule has 7 nitrogen and oxygen atoms in total. The highest BCUT2D eigenvalue weighted by molar-refractivity contribution is 5.79. The van der Waals surface area contributed by atoms with Crippen LogP contribution in [0.15, 0.2) is 41.7 Å². The van der Waals surface area contributed by atoms with E-state index >= 15 is 0 Å². The molecule has 7 heteroatoms. The number of benzene rings is 1. The van der Waals surface area contributed by atoms with E-state index in [0.717, 1.165) is 44.3 Å². The number of ether oxygens (including phenoxy) is 1. The molecule has 1 atom stereocenters. The fourth-order valence-electron chi connectivity index (χ4n) is 3.68. The molecular weight excluding hydrogens is 352 g/mol. The highest BCUT2D eigenvalue weighted by atomic mass is 16.5.